The largest absolute Gasteiger partial charge is 0.321 e. The second kappa shape index (κ2) is 6.37. The first-order valence-electron chi connectivity index (χ1n) is 5.17. The predicted molar refractivity (Wildman–Crippen MR) is 83.7 cm³/mol. The molecule has 8 heteroatoms. The lowest BCUT2D eigenvalue weighted by atomic mass is 10.3. The third-order valence-electron chi connectivity index (χ3n) is 2.28. The molecule has 0 aliphatic rings. The minimum atomic E-state index is -0.572. The number of rotatable bonds is 2. The minimum absolute atomic E-state index is 0.00219. The molecular weight excluding hydrogens is 365 g/mol. The van der Waals surface area contributed by atoms with Crippen LogP contribution < -0.4 is 5.32 Å². The summed E-state index contributed by atoms with van der Waals surface area (Å²) in [5, 5.41) is 2.87. The van der Waals surface area contributed by atoms with Gasteiger partial charge in [-0.1, -0.05) is 64.1 Å². The van der Waals surface area contributed by atoms with Gasteiger partial charge in [0.2, 0.25) is 0 Å². The summed E-state index contributed by atoms with van der Waals surface area (Å²) in [6.45, 7) is 0. The monoisotopic (exact) mass is 368 g/mol. The Morgan fingerprint density at radius 2 is 1.70 bits per heavy atom. The van der Waals surface area contributed by atoms with Crippen LogP contribution in [0.1, 0.15) is 10.5 Å². The Bertz CT molecular complexity index is 690. The van der Waals surface area contributed by atoms with Crippen LogP contribution in [0.2, 0.25) is 25.2 Å². The summed E-state index contributed by atoms with van der Waals surface area (Å²) in [6, 6.07) is 6.61. The molecule has 0 aliphatic carbocycles. The third kappa shape index (κ3) is 3.30. The summed E-state index contributed by atoms with van der Waals surface area (Å²) in [4.78, 5) is 15.9. The molecule has 1 heterocycles. The molecule has 20 heavy (non-hydrogen) atoms. The number of hydrogen-bond acceptors (Lipinski definition) is 2. The van der Waals surface area contributed by atoms with E-state index in [0.29, 0.717) is 10.7 Å². The maximum absolute atomic E-state index is 12.1. The molecule has 104 valence electrons. The van der Waals surface area contributed by atoms with E-state index in [2.05, 4.69) is 10.3 Å². The van der Waals surface area contributed by atoms with E-state index < -0.39 is 5.91 Å². The smallest absolute Gasteiger partial charge is 0.275 e. The highest BCUT2D eigenvalue weighted by Crippen LogP contribution is 2.36. The molecule has 0 saturated carbocycles. The lowest BCUT2D eigenvalue weighted by Gasteiger charge is -2.09. The zero-order valence-corrected chi connectivity index (χ0v) is 13.3. The van der Waals surface area contributed by atoms with Crippen LogP contribution in [-0.4, -0.2) is 10.9 Å². The third-order valence-corrected chi connectivity index (χ3v) is 4.19. The second-order valence-corrected chi connectivity index (χ2v) is 5.59. The first-order chi connectivity index (χ1) is 9.40. The van der Waals surface area contributed by atoms with Gasteiger partial charge in [0.15, 0.2) is 0 Å². The molecule has 0 saturated heterocycles. The van der Waals surface area contributed by atoms with Gasteiger partial charge in [0.1, 0.15) is 10.8 Å². The number of amides is 1. The fourth-order valence-corrected chi connectivity index (χ4v) is 2.40. The van der Waals surface area contributed by atoms with Gasteiger partial charge >= 0.3 is 0 Å². The zero-order valence-electron chi connectivity index (χ0n) is 9.55. The highest BCUT2D eigenvalue weighted by atomic mass is 35.5. The van der Waals surface area contributed by atoms with Crippen LogP contribution in [0.15, 0.2) is 24.3 Å². The minimum Gasteiger partial charge on any atom is -0.321 e. The fraction of sp³-hybridized carbons (Fsp3) is 0. The molecule has 0 bridgehead atoms. The molecule has 0 spiro atoms. The summed E-state index contributed by atoms with van der Waals surface area (Å²) in [6.07, 6.45) is 0. The van der Waals surface area contributed by atoms with Crippen LogP contribution in [0, 0.1) is 0 Å². The number of aromatic nitrogens is 1. The molecule has 2 rings (SSSR count). The van der Waals surface area contributed by atoms with Crippen molar-refractivity contribution in [2.75, 3.05) is 5.32 Å². The average molecular weight is 370 g/mol. The molecule has 1 N–H and O–H groups in total. The predicted octanol–water partition coefficient (Wildman–Crippen LogP) is 5.60. The van der Waals surface area contributed by atoms with E-state index in [-0.39, 0.29) is 25.9 Å². The van der Waals surface area contributed by atoms with E-state index in [9.17, 15) is 4.79 Å². The van der Waals surface area contributed by atoms with Gasteiger partial charge in [-0.05, 0) is 18.2 Å². The number of pyridine rings is 1. The first-order valence-corrected chi connectivity index (χ1v) is 7.06. The summed E-state index contributed by atoms with van der Waals surface area (Å²) >= 11 is 29.2. The Balaban J connectivity index is 2.35. The van der Waals surface area contributed by atoms with Gasteiger partial charge in [0.25, 0.3) is 5.91 Å². The summed E-state index contributed by atoms with van der Waals surface area (Å²) in [7, 11) is 0. The van der Waals surface area contributed by atoms with Crippen molar-refractivity contribution < 1.29 is 4.79 Å². The lowest BCUT2D eigenvalue weighted by Crippen LogP contribution is -2.14. The Hall–Kier alpha value is -0.710. The van der Waals surface area contributed by atoms with Crippen molar-refractivity contribution >= 4 is 69.6 Å². The SMILES string of the molecule is O=C(Nc1cccc(Cl)c1)c1nc(Cl)c(Cl)c(Cl)c1Cl. The molecule has 2 aromatic rings. The van der Waals surface area contributed by atoms with Crippen molar-refractivity contribution in [1.82, 2.24) is 4.98 Å². The fourth-order valence-electron chi connectivity index (χ4n) is 1.39. The topological polar surface area (TPSA) is 42.0 Å². The Morgan fingerprint density at radius 3 is 2.35 bits per heavy atom. The van der Waals surface area contributed by atoms with Crippen molar-refractivity contribution in [1.29, 1.82) is 0 Å². The highest BCUT2D eigenvalue weighted by Gasteiger charge is 2.20. The van der Waals surface area contributed by atoms with Gasteiger partial charge in [-0.2, -0.15) is 0 Å². The molecule has 0 aliphatic heterocycles. The Kier molecular flexibility index (Phi) is 4.99. The van der Waals surface area contributed by atoms with Crippen molar-refractivity contribution in [2.45, 2.75) is 0 Å². The normalized spacial score (nSPS) is 10.4. The van der Waals surface area contributed by atoms with E-state index in [4.69, 9.17) is 58.0 Å². The molecule has 3 nitrogen and oxygen atoms in total. The average Bonchev–Trinajstić information content (AvgIpc) is 2.40. The number of nitrogens with one attached hydrogen (secondary N) is 1. The lowest BCUT2D eigenvalue weighted by molar-refractivity contribution is 0.102. The van der Waals surface area contributed by atoms with Gasteiger partial charge in [-0.15, -0.1) is 0 Å². The highest BCUT2D eigenvalue weighted by molar-refractivity contribution is 6.52. The number of carbonyl (C=O) groups excluding carboxylic acids is 1. The van der Waals surface area contributed by atoms with Crippen molar-refractivity contribution in [3.8, 4) is 0 Å². The van der Waals surface area contributed by atoms with Crippen LogP contribution in [0.25, 0.3) is 0 Å². The standard InChI is InChI=1S/C12H5Cl5N2O/c13-5-2-1-3-6(4-5)18-12(20)10-8(15)7(14)9(16)11(17)19-10/h1-4H,(H,18,20). The van der Waals surface area contributed by atoms with Gasteiger partial charge in [0, 0.05) is 10.7 Å². The second-order valence-electron chi connectivity index (χ2n) is 3.66. The molecule has 1 aromatic carbocycles. The number of benzene rings is 1. The van der Waals surface area contributed by atoms with E-state index in [1.807, 2.05) is 0 Å². The van der Waals surface area contributed by atoms with Crippen molar-refractivity contribution in [3.05, 3.63) is 55.2 Å². The van der Waals surface area contributed by atoms with E-state index in [1.165, 1.54) is 0 Å². The maximum Gasteiger partial charge on any atom is 0.275 e. The van der Waals surface area contributed by atoms with E-state index in [1.54, 1.807) is 24.3 Å². The molecule has 0 fully saturated rings. The van der Waals surface area contributed by atoms with Crippen molar-refractivity contribution in [3.63, 3.8) is 0 Å². The van der Waals surface area contributed by atoms with Crippen LogP contribution in [0.4, 0.5) is 5.69 Å². The van der Waals surface area contributed by atoms with Gasteiger partial charge < -0.3 is 5.32 Å². The molecule has 0 unspecified atom stereocenters. The van der Waals surface area contributed by atoms with Crippen LogP contribution >= 0.6 is 58.0 Å². The molecule has 1 amide bonds. The summed E-state index contributed by atoms with van der Waals surface area (Å²) in [5.41, 5.74) is 0.369. The van der Waals surface area contributed by atoms with Gasteiger partial charge in [0.05, 0.1) is 15.1 Å². The van der Waals surface area contributed by atoms with Gasteiger partial charge in [-0.3, -0.25) is 4.79 Å². The molecular formula is C12H5Cl5N2O. The van der Waals surface area contributed by atoms with Crippen molar-refractivity contribution in [2.24, 2.45) is 0 Å². The number of halogens is 5. The molecule has 1 aromatic heterocycles. The number of hydrogen-bond donors (Lipinski definition) is 1. The molecule has 0 atom stereocenters. The number of carbonyl (C=O) groups is 1. The number of anilines is 1. The quantitative estimate of drug-likeness (QED) is 0.699. The molecule has 0 radical (unpaired) electrons. The summed E-state index contributed by atoms with van der Waals surface area (Å²) < 4.78 is 0. The number of nitrogens with zero attached hydrogens (tertiary/aromatic N) is 1. The van der Waals surface area contributed by atoms with Crippen LogP contribution in [-0.2, 0) is 0 Å². The van der Waals surface area contributed by atoms with E-state index in [0.717, 1.165) is 0 Å². The van der Waals surface area contributed by atoms with Crippen LogP contribution in [0.5, 0.6) is 0 Å². The van der Waals surface area contributed by atoms with Gasteiger partial charge in [-0.25, -0.2) is 4.98 Å². The van der Waals surface area contributed by atoms with Crippen LogP contribution in [0.3, 0.4) is 0 Å². The Morgan fingerprint density at radius 1 is 1.00 bits per heavy atom. The zero-order chi connectivity index (χ0) is 14.9. The summed E-state index contributed by atoms with van der Waals surface area (Å²) in [5.74, 6) is -0.572. The Labute approximate surface area is 139 Å². The first kappa shape index (κ1) is 15.7. The van der Waals surface area contributed by atoms with E-state index >= 15 is 0 Å². The maximum atomic E-state index is 12.1.